The molecule has 8 nitrogen and oxygen atoms in total. The van der Waals surface area contributed by atoms with Crippen LogP contribution >= 0.6 is 0 Å². The van der Waals surface area contributed by atoms with Gasteiger partial charge in [0.05, 0.1) is 11.1 Å². The third-order valence-corrected chi connectivity index (χ3v) is 7.69. The number of nitrogen functional groups attached to an aromatic ring is 1. The molecule has 1 aromatic carbocycles. The van der Waals surface area contributed by atoms with E-state index in [0.717, 1.165) is 52.8 Å². The monoisotopic (exact) mass is 498 g/mol. The molecule has 4 N–H and O–H groups in total. The molecule has 2 aliphatic carbocycles. The van der Waals surface area contributed by atoms with E-state index >= 15 is 0 Å². The van der Waals surface area contributed by atoms with Crippen LogP contribution in [-0.4, -0.2) is 32.9 Å². The number of nitrogens with zero attached hydrogens (tertiary/aromatic N) is 3. The molecule has 2 aromatic heterocycles. The predicted octanol–water partition coefficient (Wildman–Crippen LogP) is 4.83. The minimum Gasteiger partial charge on any atom is -0.383 e. The zero-order valence-electron chi connectivity index (χ0n) is 21.5. The maximum atomic E-state index is 12.8. The highest BCUT2D eigenvalue weighted by atomic mass is 16.2. The van der Waals surface area contributed by atoms with Gasteiger partial charge in [-0.2, -0.15) is 0 Å². The molecular formula is C29H34N6O2. The Morgan fingerprint density at radius 2 is 1.92 bits per heavy atom. The summed E-state index contributed by atoms with van der Waals surface area (Å²) in [7, 11) is 1.98. The van der Waals surface area contributed by atoms with Crippen LogP contribution in [0.4, 0.5) is 11.5 Å². The lowest BCUT2D eigenvalue weighted by atomic mass is 9.83. The molecule has 0 bridgehead atoms. The number of allylic oxidation sites excluding steroid dienone is 2. The van der Waals surface area contributed by atoms with Crippen molar-refractivity contribution >= 4 is 39.9 Å². The summed E-state index contributed by atoms with van der Waals surface area (Å²) in [5.74, 6) is 1.04. The Hall–Kier alpha value is -3.94. The van der Waals surface area contributed by atoms with Crippen LogP contribution in [0.3, 0.4) is 0 Å². The Bertz CT molecular complexity index is 1400. The molecule has 0 spiro atoms. The number of amides is 2. The van der Waals surface area contributed by atoms with Crippen LogP contribution in [-0.2, 0) is 16.6 Å². The van der Waals surface area contributed by atoms with Crippen LogP contribution < -0.4 is 16.4 Å². The fourth-order valence-corrected chi connectivity index (χ4v) is 5.26. The van der Waals surface area contributed by atoms with E-state index in [-0.39, 0.29) is 17.7 Å². The normalized spacial score (nSPS) is 17.7. The molecule has 2 amide bonds. The van der Waals surface area contributed by atoms with Crippen LogP contribution in [0.15, 0.2) is 48.8 Å². The van der Waals surface area contributed by atoms with Crippen LogP contribution in [0.5, 0.6) is 0 Å². The van der Waals surface area contributed by atoms with Gasteiger partial charge >= 0.3 is 0 Å². The molecular weight excluding hydrogens is 464 g/mol. The highest BCUT2D eigenvalue weighted by molar-refractivity contribution is 6.05. The van der Waals surface area contributed by atoms with Gasteiger partial charge in [-0.3, -0.25) is 9.59 Å². The molecule has 5 rings (SSSR count). The Morgan fingerprint density at radius 1 is 1.16 bits per heavy atom. The average molecular weight is 499 g/mol. The number of rotatable bonds is 7. The summed E-state index contributed by atoms with van der Waals surface area (Å²) in [6, 6.07) is 7.72. The van der Waals surface area contributed by atoms with Crippen LogP contribution in [0, 0.1) is 11.8 Å². The Labute approximate surface area is 217 Å². The second-order valence-corrected chi connectivity index (χ2v) is 10.3. The fourth-order valence-electron chi connectivity index (χ4n) is 5.26. The van der Waals surface area contributed by atoms with Gasteiger partial charge in [0.15, 0.2) is 0 Å². The van der Waals surface area contributed by atoms with Gasteiger partial charge in [-0.05, 0) is 68.2 Å². The minimum absolute atomic E-state index is 0.00735. The molecule has 0 aliphatic heterocycles. The van der Waals surface area contributed by atoms with Crippen molar-refractivity contribution in [1.29, 1.82) is 0 Å². The van der Waals surface area contributed by atoms with Gasteiger partial charge in [-0.15, -0.1) is 0 Å². The summed E-state index contributed by atoms with van der Waals surface area (Å²) in [4.78, 5) is 33.6. The van der Waals surface area contributed by atoms with E-state index in [0.29, 0.717) is 29.4 Å². The number of carbonyl (C=O) groups is 2. The zero-order chi connectivity index (χ0) is 26.1. The Morgan fingerprint density at radius 3 is 2.54 bits per heavy atom. The summed E-state index contributed by atoms with van der Waals surface area (Å²) in [6.45, 7) is 6.17. The van der Waals surface area contributed by atoms with Gasteiger partial charge in [-0.1, -0.05) is 31.2 Å². The zero-order valence-corrected chi connectivity index (χ0v) is 21.5. The van der Waals surface area contributed by atoms with E-state index < -0.39 is 0 Å². The Kier molecular flexibility index (Phi) is 6.82. The number of aryl methyl sites for hydroxylation is 1. The average Bonchev–Trinajstić information content (AvgIpc) is 3.17. The van der Waals surface area contributed by atoms with Gasteiger partial charge in [0.2, 0.25) is 5.91 Å². The molecule has 37 heavy (non-hydrogen) atoms. The summed E-state index contributed by atoms with van der Waals surface area (Å²) < 4.78 is 2.04. The summed E-state index contributed by atoms with van der Waals surface area (Å²) in [6.07, 6.45) is 9.66. The summed E-state index contributed by atoms with van der Waals surface area (Å²) >= 11 is 0. The number of fused-ring (bicyclic) bond motifs is 1. The largest absolute Gasteiger partial charge is 0.383 e. The lowest BCUT2D eigenvalue weighted by molar-refractivity contribution is -0.125. The highest BCUT2D eigenvalue weighted by Crippen LogP contribution is 2.43. The second kappa shape index (κ2) is 10.2. The summed E-state index contributed by atoms with van der Waals surface area (Å²) in [5, 5.41) is 6.85. The maximum absolute atomic E-state index is 12.8. The van der Waals surface area contributed by atoms with E-state index in [2.05, 4.69) is 33.3 Å². The number of benzene rings is 1. The van der Waals surface area contributed by atoms with Gasteiger partial charge < -0.3 is 20.9 Å². The lowest BCUT2D eigenvalue weighted by Gasteiger charge is -2.27. The first-order chi connectivity index (χ1) is 17.8. The summed E-state index contributed by atoms with van der Waals surface area (Å²) in [5.41, 5.74) is 12.4. The molecule has 192 valence electrons. The number of aromatic nitrogens is 3. The number of hydrogen-bond donors (Lipinski definition) is 3. The first kappa shape index (κ1) is 24.7. The quantitative estimate of drug-likeness (QED) is 0.404. The first-order valence-corrected chi connectivity index (χ1v) is 13.0. The number of carbonyl (C=O) groups excluding carboxylic acids is 2. The number of hydrogen-bond acceptors (Lipinski definition) is 5. The SMILES string of the molecule is C=C(C)C(=O)Nc1ccc(-c2c(C3=CCC(C(=O)NCC4CCC4)CC3)c3c(N)ncnc3n2C)cc1. The molecule has 2 heterocycles. The molecule has 1 saturated carbocycles. The van der Waals surface area contributed by atoms with Gasteiger partial charge in [-0.25, -0.2) is 9.97 Å². The van der Waals surface area contributed by atoms with Gasteiger partial charge in [0, 0.05) is 36.3 Å². The van der Waals surface area contributed by atoms with E-state index in [1.54, 1.807) is 6.92 Å². The number of anilines is 2. The van der Waals surface area contributed by atoms with E-state index in [1.165, 1.54) is 25.6 Å². The van der Waals surface area contributed by atoms with Crippen molar-refractivity contribution in [3.05, 3.63) is 54.4 Å². The van der Waals surface area contributed by atoms with Gasteiger partial charge in [0.25, 0.3) is 5.91 Å². The number of nitrogens with two attached hydrogens (primary N) is 1. The highest BCUT2D eigenvalue weighted by Gasteiger charge is 2.28. The van der Waals surface area contributed by atoms with Crippen molar-refractivity contribution in [2.24, 2.45) is 18.9 Å². The molecule has 0 radical (unpaired) electrons. The van der Waals surface area contributed by atoms with E-state index in [4.69, 9.17) is 5.73 Å². The molecule has 0 saturated heterocycles. The van der Waals surface area contributed by atoms with E-state index in [1.807, 2.05) is 35.9 Å². The molecule has 1 unspecified atom stereocenters. The Balaban J connectivity index is 1.46. The minimum atomic E-state index is -0.209. The third-order valence-electron chi connectivity index (χ3n) is 7.69. The molecule has 1 atom stereocenters. The molecule has 3 aromatic rings. The molecule has 8 heteroatoms. The second-order valence-electron chi connectivity index (χ2n) is 10.3. The van der Waals surface area contributed by atoms with Crippen molar-refractivity contribution < 1.29 is 9.59 Å². The standard InChI is InChI=1S/C29H34N6O2/c1-17(2)28(36)34-22-13-11-20(12-14-22)25-23(24-26(30)32-16-33-27(24)35(25)3)19-7-9-21(10-8-19)29(37)31-15-18-5-4-6-18/h7,11-14,16,18,21H,1,4-6,8-10,15H2,2-3H3,(H,31,37)(H,34,36)(H2,30,32,33). The van der Waals surface area contributed by atoms with Crippen molar-refractivity contribution in [2.45, 2.75) is 45.4 Å². The third kappa shape index (κ3) is 4.88. The van der Waals surface area contributed by atoms with Crippen molar-refractivity contribution in [3.8, 4) is 11.3 Å². The number of nitrogens with one attached hydrogen (secondary N) is 2. The fraction of sp³-hybridized carbons (Fsp3) is 0.379. The van der Waals surface area contributed by atoms with Crippen LogP contribution in [0.25, 0.3) is 27.9 Å². The van der Waals surface area contributed by atoms with E-state index in [9.17, 15) is 9.59 Å². The van der Waals surface area contributed by atoms with Crippen LogP contribution in [0.1, 0.15) is 51.0 Å². The van der Waals surface area contributed by atoms with Gasteiger partial charge in [0.1, 0.15) is 17.8 Å². The first-order valence-electron chi connectivity index (χ1n) is 13.0. The predicted molar refractivity (Wildman–Crippen MR) is 147 cm³/mol. The van der Waals surface area contributed by atoms with Crippen molar-refractivity contribution in [1.82, 2.24) is 19.9 Å². The topological polar surface area (TPSA) is 115 Å². The van der Waals surface area contributed by atoms with Crippen LogP contribution in [0.2, 0.25) is 0 Å². The molecule has 2 aliphatic rings. The molecule has 1 fully saturated rings. The van der Waals surface area contributed by atoms with Crippen molar-refractivity contribution in [2.75, 3.05) is 17.6 Å². The lowest BCUT2D eigenvalue weighted by Crippen LogP contribution is -2.36. The van der Waals surface area contributed by atoms with Crippen molar-refractivity contribution in [3.63, 3.8) is 0 Å². The smallest absolute Gasteiger partial charge is 0.250 e. The maximum Gasteiger partial charge on any atom is 0.250 e.